The summed E-state index contributed by atoms with van der Waals surface area (Å²) in [6.07, 6.45) is 2.90. The topological polar surface area (TPSA) is 57.3 Å². The summed E-state index contributed by atoms with van der Waals surface area (Å²) < 4.78 is 0. The van der Waals surface area contributed by atoms with Gasteiger partial charge in [-0.15, -0.1) is 0 Å². The van der Waals surface area contributed by atoms with Crippen molar-refractivity contribution < 1.29 is 4.79 Å². The van der Waals surface area contributed by atoms with E-state index < -0.39 is 0 Å². The number of pyridine rings is 1. The molecule has 0 bridgehead atoms. The number of aryl methyl sites for hydroxylation is 1. The van der Waals surface area contributed by atoms with Gasteiger partial charge in [-0.1, -0.05) is 35.9 Å². The molecular weight excluding hydrogens is 336 g/mol. The van der Waals surface area contributed by atoms with Crippen LogP contribution in [0.4, 0.5) is 11.6 Å². The molecule has 0 radical (unpaired) electrons. The van der Waals surface area contributed by atoms with Crippen LogP contribution in [0, 0.1) is 6.92 Å². The molecule has 1 aromatic carbocycles. The molecule has 1 aliphatic heterocycles. The maximum absolute atomic E-state index is 10.3. The molecule has 1 amide bonds. The molecule has 0 aliphatic carbocycles. The highest BCUT2D eigenvalue weighted by molar-refractivity contribution is 6.31. The van der Waals surface area contributed by atoms with Gasteiger partial charge in [-0.25, -0.2) is 4.98 Å². The summed E-state index contributed by atoms with van der Waals surface area (Å²) in [5, 5.41) is 6.80. The molecule has 0 spiro atoms. The highest BCUT2D eigenvalue weighted by Crippen LogP contribution is 2.15. The third-order valence-corrected chi connectivity index (χ3v) is 4.53. The number of nitrogens with one attached hydrogen (secondary N) is 2. The second-order valence-corrected chi connectivity index (χ2v) is 6.55. The van der Waals surface area contributed by atoms with Crippen molar-refractivity contribution in [1.29, 1.82) is 0 Å². The van der Waals surface area contributed by atoms with Crippen molar-refractivity contribution in [3.8, 4) is 0 Å². The van der Waals surface area contributed by atoms with E-state index in [-0.39, 0.29) is 0 Å². The number of hydrogen-bond acceptors (Lipinski definition) is 4. The van der Waals surface area contributed by atoms with Crippen LogP contribution in [0.15, 0.2) is 42.5 Å². The predicted molar refractivity (Wildman–Crippen MR) is 104 cm³/mol. The van der Waals surface area contributed by atoms with Gasteiger partial charge in [0.05, 0.1) is 0 Å². The monoisotopic (exact) mass is 360 g/mol. The number of likely N-dealkylation sites (tertiary alicyclic amines) is 1. The molecule has 1 aromatic heterocycles. The van der Waals surface area contributed by atoms with E-state index in [0.29, 0.717) is 18.3 Å². The van der Waals surface area contributed by atoms with E-state index in [4.69, 9.17) is 11.6 Å². The van der Waals surface area contributed by atoms with Gasteiger partial charge in [-0.3, -0.25) is 4.79 Å². The average Bonchev–Trinajstić information content (AvgIpc) is 2.61. The molecule has 2 heterocycles. The number of amides is 1. The first-order chi connectivity index (χ1) is 12.1. The van der Waals surface area contributed by atoms with Gasteiger partial charge in [-0.05, 0) is 63.7 Å². The van der Waals surface area contributed by atoms with Gasteiger partial charge in [0.2, 0.25) is 6.41 Å². The zero-order valence-corrected chi connectivity index (χ0v) is 15.5. The van der Waals surface area contributed by atoms with Crippen LogP contribution in [0.5, 0.6) is 0 Å². The summed E-state index contributed by atoms with van der Waals surface area (Å²) in [7, 11) is 2.14. The second kappa shape index (κ2) is 10.0. The molecule has 6 heteroatoms. The van der Waals surface area contributed by atoms with Crippen LogP contribution in [0.3, 0.4) is 0 Å². The van der Waals surface area contributed by atoms with Gasteiger partial charge in [-0.2, -0.15) is 0 Å². The number of halogens is 1. The van der Waals surface area contributed by atoms with Crippen LogP contribution in [-0.4, -0.2) is 42.5 Å². The molecule has 134 valence electrons. The summed E-state index contributed by atoms with van der Waals surface area (Å²) in [6, 6.07) is 13.8. The zero-order valence-electron chi connectivity index (χ0n) is 14.7. The molecule has 0 unspecified atom stereocenters. The molecule has 5 nitrogen and oxygen atoms in total. The number of aromatic nitrogens is 1. The molecule has 0 saturated carbocycles. The Morgan fingerprint density at radius 1 is 1.12 bits per heavy atom. The molecule has 2 N–H and O–H groups in total. The number of carbonyl (C=O) groups is 1. The standard InChI is InChI=1S/C12H18N4O.C7H7Cl/c1-16-7-5-10(6-8-16)14-12-4-2-3-11(15-12)13-9-17;1-6-4-2-3-5-7(6)8/h2-4,9-10H,5-8H2,1H3,(H2,13,14,15,17);2-5H,1H3. The summed E-state index contributed by atoms with van der Waals surface area (Å²) >= 11 is 5.71. The second-order valence-electron chi connectivity index (χ2n) is 6.14. The highest BCUT2D eigenvalue weighted by Gasteiger charge is 2.16. The van der Waals surface area contributed by atoms with Crippen LogP contribution in [0.25, 0.3) is 0 Å². The molecule has 3 rings (SSSR count). The summed E-state index contributed by atoms with van der Waals surface area (Å²) in [4.78, 5) is 17.0. The number of hydrogen-bond donors (Lipinski definition) is 2. The maximum Gasteiger partial charge on any atom is 0.212 e. The van der Waals surface area contributed by atoms with Crippen LogP contribution in [0.2, 0.25) is 5.02 Å². The van der Waals surface area contributed by atoms with Gasteiger partial charge >= 0.3 is 0 Å². The van der Waals surface area contributed by atoms with Gasteiger partial charge in [0.25, 0.3) is 0 Å². The fourth-order valence-corrected chi connectivity index (χ4v) is 2.70. The van der Waals surface area contributed by atoms with Crippen LogP contribution in [-0.2, 0) is 4.79 Å². The summed E-state index contributed by atoms with van der Waals surface area (Å²) in [6.45, 7) is 4.22. The lowest BCUT2D eigenvalue weighted by Gasteiger charge is -2.29. The number of anilines is 2. The van der Waals surface area contributed by atoms with Crippen LogP contribution in [0.1, 0.15) is 18.4 Å². The number of piperidine rings is 1. The first kappa shape index (κ1) is 19.2. The Hall–Kier alpha value is -2.11. The van der Waals surface area contributed by atoms with Gasteiger partial charge < -0.3 is 15.5 Å². The lowest BCUT2D eigenvalue weighted by molar-refractivity contribution is -0.105. The highest BCUT2D eigenvalue weighted by atomic mass is 35.5. The number of carbonyl (C=O) groups excluding carboxylic acids is 1. The Balaban J connectivity index is 0.000000236. The van der Waals surface area contributed by atoms with Gasteiger partial charge in [0, 0.05) is 11.1 Å². The minimum Gasteiger partial charge on any atom is -0.367 e. The molecule has 2 aromatic rings. The molecule has 0 atom stereocenters. The smallest absolute Gasteiger partial charge is 0.212 e. The summed E-state index contributed by atoms with van der Waals surface area (Å²) in [5.74, 6) is 1.41. The third kappa shape index (κ3) is 6.72. The van der Waals surface area contributed by atoms with Crippen LogP contribution >= 0.6 is 11.6 Å². The Morgan fingerprint density at radius 2 is 1.80 bits per heavy atom. The first-order valence-electron chi connectivity index (χ1n) is 8.42. The molecular formula is C19H25ClN4O. The normalized spacial score (nSPS) is 15.0. The minimum absolute atomic E-state index is 0.477. The first-order valence-corrected chi connectivity index (χ1v) is 8.79. The lowest BCUT2D eigenvalue weighted by atomic mass is 10.1. The fraction of sp³-hybridized carbons (Fsp3) is 0.368. The maximum atomic E-state index is 10.3. The Morgan fingerprint density at radius 3 is 2.40 bits per heavy atom. The predicted octanol–water partition coefficient (Wildman–Crippen LogP) is 3.80. The summed E-state index contributed by atoms with van der Waals surface area (Å²) in [5.41, 5.74) is 1.13. The molecule has 1 aliphatic rings. The molecule has 25 heavy (non-hydrogen) atoms. The van der Waals surface area contributed by atoms with E-state index >= 15 is 0 Å². The van der Waals surface area contributed by atoms with E-state index in [1.807, 2.05) is 43.3 Å². The van der Waals surface area contributed by atoms with E-state index in [1.165, 1.54) is 0 Å². The van der Waals surface area contributed by atoms with Crippen molar-refractivity contribution in [2.45, 2.75) is 25.8 Å². The number of benzene rings is 1. The van der Waals surface area contributed by atoms with Crippen molar-refractivity contribution in [1.82, 2.24) is 9.88 Å². The van der Waals surface area contributed by atoms with Gasteiger partial charge in [0.15, 0.2) is 0 Å². The molecule has 1 saturated heterocycles. The van der Waals surface area contributed by atoms with E-state index in [1.54, 1.807) is 6.07 Å². The van der Waals surface area contributed by atoms with Crippen molar-refractivity contribution in [2.24, 2.45) is 0 Å². The van der Waals surface area contributed by atoms with E-state index in [2.05, 4.69) is 27.6 Å². The largest absolute Gasteiger partial charge is 0.367 e. The SMILES string of the molecule is CN1CCC(Nc2cccc(NC=O)n2)CC1.Cc1ccccc1Cl. The van der Waals surface area contributed by atoms with Crippen LogP contribution < -0.4 is 10.6 Å². The zero-order chi connectivity index (χ0) is 18.1. The van der Waals surface area contributed by atoms with Crippen molar-refractivity contribution in [3.05, 3.63) is 53.1 Å². The number of rotatable bonds is 4. The van der Waals surface area contributed by atoms with Gasteiger partial charge in [0.1, 0.15) is 11.6 Å². The molecule has 1 fully saturated rings. The van der Waals surface area contributed by atoms with Crippen molar-refractivity contribution in [3.63, 3.8) is 0 Å². The fourth-order valence-electron chi connectivity index (χ4n) is 2.57. The number of nitrogens with zero attached hydrogens (tertiary/aromatic N) is 2. The van der Waals surface area contributed by atoms with Crippen molar-refractivity contribution in [2.75, 3.05) is 30.8 Å². The van der Waals surface area contributed by atoms with E-state index in [0.717, 1.165) is 42.3 Å². The lowest BCUT2D eigenvalue weighted by Crippen LogP contribution is -2.36. The Labute approximate surface area is 154 Å². The average molecular weight is 361 g/mol. The minimum atomic E-state index is 0.477. The Kier molecular flexibility index (Phi) is 7.70. The quantitative estimate of drug-likeness (QED) is 0.814. The van der Waals surface area contributed by atoms with E-state index in [9.17, 15) is 4.79 Å². The Bertz CT molecular complexity index is 651. The van der Waals surface area contributed by atoms with Crippen molar-refractivity contribution >= 4 is 29.6 Å². The third-order valence-electron chi connectivity index (χ3n) is 4.10.